The first-order valence-electron chi connectivity index (χ1n) is 17.4. The maximum absolute atomic E-state index is 12.1. The van der Waals surface area contributed by atoms with Crippen molar-refractivity contribution in [1.29, 1.82) is 0 Å². The molecule has 0 aromatic heterocycles. The van der Waals surface area contributed by atoms with E-state index in [4.69, 9.17) is 37.6 Å². The summed E-state index contributed by atoms with van der Waals surface area (Å²) in [4.78, 5) is 22.4. The molecule has 58 heavy (non-hydrogen) atoms. The summed E-state index contributed by atoms with van der Waals surface area (Å²) >= 11 is 0. The van der Waals surface area contributed by atoms with Gasteiger partial charge >= 0.3 is 5.97 Å². The van der Waals surface area contributed by atoms with Gasteiger partial charge in [0.05, 0.1) is 32.5 Å². The van der Waals surface area contributed by atoms with E-state index < -0.39 is 103 Å². The van der Waals surface area contributed by atoms with Crippen LogP contribution in [0.4, 0.5) is 0 Å². The SMILES string of the molecule is COc1cc(C=CC(=[OH+])OC[C@H]2O[C@@H](OC[C@H]3O[C@@H](Oc4cc5c(O)cc(=O)cc-5oc4-c4ccc(O)c(O)c4)[C@H](O)[C@@H](O)[C@H]3O)[C@H](O)[C@@H](O)[C@@H]2O)cc(OC)c1O. The molecular weight excluding hydrogens is 776 g/mol. The van der Waals surface area contributed by atoms with E-state index in [0.717, 1.165) is 30.3 Å². The highest BCUT2D eigenvalue weighted by Crippen LogP contribution is 2.43. The number of fused-ring (bicyclic) bond motifs is 1. The highest BCUT2D eigenvalue weighted by Gasteiger charge is 2.49. The molecule has 6 rings (SSSR count). The summed E-state index contributed by atoms with van der Waals surface area (Å²) in [5.41, 5.74) is -0.0872. The van der Waals surface area contributed by atoms with Crippen molar-refractivity contribution in [1.82, 2.24) is 0 Å². The summed E-state index contributed by atoms with van der Waals surface area (Å²) < 4.78 is 44.2. The Labute approximate surface area is 327 Å². The van der Waals surface area contributed by atoms with Crippen molar-refractivity contribution < 1.29 is 93.4 Å². The van der Waals surface area contributed by atoms with Crippen molar-refractivity contribution >= 4 is 12.0 Å². The first-order chi connectivity index (χ1) is 27.6. The van der Waals surface area contributed by atoms with Gasteiger partial charge in [0.1, 0.15) is 60.3 Å². The zero-order valence-corrected chi connectivity index (χ0v) is 30.6. The smallest absolute Gasteiger partial charge is 0.507 e. The Morgan fingerprint density at radius 2 is 1.33 bits per heavy atom. The molecular formula is C38H41O20+. The molecule has 3 aliphatic heterocycles. The number of hydrogen-bond donors (Lipinski definition) is 10. The van der Waals surface area contributed by atoms with Crippen LogP contribution in [-0.4, -0.2) is 151 Å². The number of esters is 1. The number of ether oxygens (including phenoxy) is 7. The number of hydrogen-bond acceptors (Lipinski definition) is 19. The lowest BCUT2D eigenvalue weighted by molar-refractivity contribution is -0.322. The molecule has 2 fully saturated rings. The maximum Gasteiger partial charge on any atom is 0.510 e. The van der Waals surface area contributed by atoms with Crippen molar-refractivity contribution in [2.75, 3.05) is 27.4 Å². The Morgan fingerprint density at radius 3 is 1.97 bits per heavy atom. The van der Waals surface area contributed by atoms with Crippen LogP contribution in [0.1, 0.15) is 5.56 Å². The third-order valence-electron chi connectivity index (χ3n) is 9.36. The van der Waals surface area contributed by atoms with Crippen LogP contribution < -0.4 is 19.6 Å². The van der Waals surface area contributed by atoms with Crippen molar-refractivity contribution in [2.24, 2.45) is 0 Å². The monoisotopic (exact) mass is 817 g/mol. The third-order valence-corrected chi connectivity index (χ3v) is 9.36. The molecule has 0 amide bonds. The molecule has 0 unspecified atom stereocenters. The minimum atomic E-state index is -1.93. The van der Waals surface area contributed by atoms with Crippen LogP contribution in [-0.2, 0) is 18.9 Å². The molecule has 3 heterocycles. The van der Waals surface area contributed by atoms with E-state index in [-0.39, 0.29) is 45.6 Å². The topological polar surface area (TPSA) is 319 Å². The number of benzene rings is 3. The number of methoxy groups -OCH3 is 2. The van der Waals surface area contributed by atoms with Gasteiger partial charge in [0, 0.05) is 17.7 Å². The lowest BCUT2D eigenvalue weighted by atomic mass is 9.98. The third kappa shape index (κ3) is 8.74. The van der Waals surface area contributed by atoms with Gasteiger partial charge in [-0.25, -0.2) is 0 Å². The molecule has 0 bridgehead atoms. The van der Waals surface area contributed by atoms with Crippen molar-refractivity contribution in [3.05, 3.63) is 70.4 Å². The number of aromatic hydroxyl groups is 4. The quantitative estimate of drug-likeness (QED) is 0.0373. The predicted octanol–water partition coefficient (Wildman–Crippen LogP) is -0.506. The highest BCUT2D eigenvalue weighted by molar-refractivity contribution is 5.88. The lowest BCUT2D eigenvalue weighted by Gasteiger charge is -2.42. The second-order valence-corrected chi connectivity index (χ2v) is 13.2. The van der Waals surface area contributed by atoms with E-state index in [0.29, 0.717) is 5.56 Å². The van der Waals surface area contributed by atoms with Crippen LogP contribution in [0.25, 0.3) is 28.7 Å². The van der Waals surface area contributed by atoms with Crippen molar-refractivity contribution in [2.45, 2.75) is 61.4 Å². The summed E-state index contributed by atoms with van der Waals surface area (Å²) in [5, 5.41) is 105. The second kappa shape index (κ2) is 17.4. The first kappa shape index (κ1) is 41.9. The Morgan fingerprint density at radius 1 is 0.707 bits per heavy atom. The fourth-order valence-electron chi connectivity index (χ4n) is 6.18. The maximum atomic E-state index is 12.1. The number of aliphatic hydroxyl groups excluding tert-OH is 6. The van der Waals surface area contributed by atoms with Crippen molar-refractivity contribution in [3.63, 3.8) is 0 Å². The first-order valence-corrected chi connectivity index (χ1v) is 17.4. The fraction of sp³-hybridized carbons (Fsp3) is 0.368. The minimum Gasteiger partial charge on any atom is -0.507 e. The minimum absolute atomic E-state index is 0.0181. The van der Waals surface area contributed by atoms with Gasteiger partial charge in [-0.15, -0.1) is 0 Å². The van der Waals surface area contributed by atoms with Crippen molar-refractivity contribution in [3.8, 4) is 62.9 Å². The van der Waals surface area contributed by atoms with E-state index in [2.05, 4.69) is 0 Å². The molecule has 0 spiro atoms. The molecule has 20 nitrogen and oxygen atoms in total. The summed E-state index contributed by atoms with van der Waals surface area (Å²) in [6.07, 6.45) is -15.0. The molecule has 11 N–H and O–H groups in total. The van der Waals surface area contributed by atoms with E-state index in [1.54, 1.807) is 0 Å². The molecule has 20 heteroatoms. The Hall–Kier alpha value is -5.68. The highest BCUT2D eigenvalue weighted by atomic mass is 16.7. The molecule has 4 aliphatic rings. The van der Waals surface area contributed by atoms with Gasteiger partial charge in [-0.05, 0) is 48.0 Å². The van der Waals surface area contributed by atoms with Crippen LogP contribution in [0, 0.1) is 0 Å². The average molecular weight is 818 g/mol. The van der Waals surface area contributed by atoms with E-state index in [9.17, 15) is 60.7 Å². The molecule has 10 atom stereocenters. The van der Waals surface area contributed by atoms with Gasteiger partial charge < -0.3 is 93.4 Å². The summed E-state index contributed by atoms with van der Waals surface area (Å²) in [6, 6.07) is 9.67. The van der Waals surface area contributed by atoms with Crippen LogP contribution >= 0.6 is 0 Å². The molecule has 0 saturated carbocycles. The number of aliphatic hydroxyl groups is 6. The van der Waals surface area contributed by atoms with Crippen LogP contribution in [0.3, 0.4) is 0 Å². The van der Waals surface area contributed by atoms with Crippen LogP contribution in [0.15, 0.2) is 63.8 Å². The van der Waals surface area contributed by atoms with Gasteiger partial charge in [0.25, 0.3) is 0 Å². The normalized spacial score (nSPS) is 27.4. The van der Waals surface area contributed by atoms with Gasteiger partial charge in [-0.1, -0.05) is 0 Å². The zero-order chi connectivity index (χ0) is 42.0. The number of carbonyl (C=O) groups excluding carboxylic acids is 1. The van der Waals surface area contributed by atoms with Crippen LogP contribution in [0.5, 0.6) is 40.2 Å². The summed E-state index contributed by atoms with van der Waals surface area (Å²) in [5.74, 6) is -2.76. The summed E-state index contributed by atoms with van der Waals surface area (Å²) in [7, 11) is 2.68. The molecule has 2 aromatic rings. The Bertz CT molecular complexity index is 2130. The Balaban J connectivity index is 1.14. The fourth-order valence-corrected chi connectivity index (χ4v) is 6.18. The predicted molar refractivity (Wildman–Crippen MR) is 195 cm³/mol. The van der Waals surface area contributed by atoms with Gasteiger partial charge in [-0.3, -0.25) is 4.79 Å². The van der Waals surface area contributed by atoms with E-state index in [1.165, 1.54) is 44.6 Å². The Kier molecular flexibility index (Phi) is 12.6. The number of phenols is 4. The second-order valence-electron chi connectivity index (χ2n) is 13.2. The van der Waals surface area contributed by atoms with Gasteiger partial charge in [0.2, 0.25) is 18.6 Å². The molecule has 2 saturated heterocycles. The van der Waals surface area contributed by atoms with E-state index >= 15 is 0 Å². The molecule has 2 aromatic carbocycles. The standard InChI is InChI=1S/C38H40O20/c1-51-23-7-15(8-24(52-2)29(23)44)3-6-28(43)53-13-26-30(45)32(47)34(49)37(57-26)54-14-27-31(46)33(48)35(50)38(58-27)56-25-12-18-20(41)10-17(39)11-22(18)55-36(25)16-4-5-19(40)21(42)9-16/h3-12,26-27,30-35,37-38,40-42,44-50H,13-14H2,1-2H3/p+1/t26-,27-,30-,31+,32+,33+,34-,35-,37-,38-/m1/s1. The number of rotatable bonds is 12. The van der Waals surface area contributed by atoms with Gasteiger partial charge in [-0.2, -0.15) is 0 Å². The average Bonchev–Trinajstić information content (AvgIpc) is 3.20. The van der Waals surface area contributed by atoms with Gasteiger partial charge in [0.15, 0.2) is 46.2 Å². The number of phenolic OH excluding ortho intramolecular Hbond substituents is 4. The zero-order valence-electron chi connectivity index (χ0n) is 30.6. The molecule has 1 aliphatic carbocycles. The van der Waals surface area contributed by atoms with Crippen LogP contribution in [0.2, 0.25) is 0 Å². The largest absolute Gasteiger partial charge is 0.510 e. The van der Waals surface area contributed by atoms with E-state index in [1.807, 2.05) is 0 Å². The summed E-state index contributed by atoms with van der Waals surface area (Å²) in [6.45, 7) is -1.26. The molecule has 312 valence electrons. The molecule has 0 radical (unpaired) electrons. The lowest BCUT2D eigenvalue weighted by Crippen LogP contribution is -2.62.